The summed E-state index contributed by atoms with van der Waals surface area (Å²) in [7, 11) is 1.81. The van der Waals surface area contributed by atoms with Gasteiger partial charge in [-0.2, -0.15) is 0 Å². The minimum absolute atomic E-state index is 0.0537. The average Bonchev–Trinajstić information content (AvgIpc) is 2.98. The molecule has 0 radical (unpaired) electrons. The van der Waals surface area contributed by atoms with Crippen LogP contribution in [0.3, 0.4) is 0 Å². The minimum Gasteiger partial charge on any atom is -0.381 e. The van der Waals surface area contributed by atoms with E-state index in [0.717, 1.165) is 44.6 Å². The number of rotatable bonds is 6. The maximum Gasteiger partial charge on any atom is 0.317 e. The minimum atomic E-state index is -0.215. The fraction of sp³-hybridized carbons (Fsp3) is 0.588. The van der Waals surface area contributed by atoms with Crippen LogP contribution in [0.5, 0.6) is 0 Å². The first-order chi connectivity index (χ1) is 10.5. The zero-order chi connectivity index (χ0) is 15.9. The summed E-state index contributed by atoms with van der Waals surface area (Å²) in [4.78, 5) is 13.8. The van der Waals surface area contributed by atoms with Gasteiger partial charge >= 0.3 is 6.03 Å². The van der Waals surface area contributed by atoms with E-state index < -0.39 is 0 Å². The van der Waals surface area contributed by atoms with Crippen LogP contribution in [0.2, 0.25) is 0 Å². The van der Waals surface area contributed by atoms with E-state index in [4.69, 9.17) is 4.74 Å². The van der Waals surface area contributed by atoms with Gasteiger partial charge in [-0.05, 0) is 43.9 Å². The number of amides is 2. The van der Waals surface area contributed by atoms with Gasteiger partial charge in [0.25, 0.3) is 0 Å². The first kappa shape index (κ1) is 16.7. The Morgan fingerprint density at radius 3 is 3.05 bits per heavy atom. The van der Waals surface area contributed by atoms with Crippen LogP contribution < -0.4 is 5.32 Å². The summed E-state index contributed by atoms with van der Waals surface area (Å²) in [5.41, 5.74) is 0.956. The highest BCUT2D eigenvalue weighted by Gasteiger charge is 2.20. The standard InChI is InChI=1S/C17H25FN2O2/c1-13(6-7-14-4-3-5-16(18)10-14)19-17(21)20(2)11-15-8-9-22-12-15/h3-5,10,13,15H,6-9,11-12H2,1-2H3,(H,19,21). The third-order valence-electron chi connectivity index (χ3n) is 4.03. The highest BCUT2D eigenvalue weighted by Crippen LogP contribution is 2.13. The zero-order valence-electron chi connectivity index (χ0n) is 13.3. The Hall–Kier alpha value is -1.62. The van der Waals surface area contributed by atoms with Crippen LogP contribution in [-0.2, 0) is 11.2 Å². The molecule has 0 aromatic heterocycles. The van der Waals surface area contributed by atoms with Gasteiger partial charge < -0.3 is 15.0 Å². The Balaban J connectivity index is 1.71. The van der Waals surface area contributed by atoms with Gasteiger partial charge in [0.2, 0.25) is 0 Å². The molecule has 1 heterocycles. The second-order valence-corrected chi connectivity index (χ2v) is 6.13. The molecule has 2 unspecified atom stereocenters. The van der Waals surface area contributed by atoms with E-state index in [9.17, 15) is 9.18 Å². The average molecular weight is 308 g/mol. The lowest BCUT2D eigenvalue weighted by Crippen LogP contribution is -2.43. The van der Waals surface area contributed by atoms with Gasteiger partial charge in [0, 0.05) is 32.2 Å². The predicted molar refractivity (Wildman–Crippen MR) is 84.3 cm³/mol. The molecular weight excluding hydrogens is 283 g/mol. The van der Waals surface area contributed by atoms with Crippen molar-refractivity contribution >= 4 is 6.03 Å². The Labute approximate surface area is 131 Å². The van der Waals surface area contributed by atoms with Crippen LogP contribution in [0.4, 0.5) is 9.18 Å². The molecule has 1 aromatic carbocycles. The lowest BCUT2D eigenvalue weighted by Gasteiger charge is -2.23. The van der Waals surface area contributed by atoms with Crippen molar-refractivity contribution < 1.29 is 13.9 Å². The van der Waals surface area contributed by atoms with Gasteiger partial charge in [0.15, 0.2) is 0 Å². The van der Waals surface area contributed by atoms with Crippen LogP contribution in [0, 0.1) is 11.7 Å². The van der Waals surface area contributed by atoms with E-state index in [1.807, 2.05) is 20.0 Å². The summed E-state index contributed by atoms with van der Waals surface area (Å²) in [6, 6.07) is 6.60. The Bertz CT molecular complexity index is 489. The number of ether oxygens (including phenoxy) is 1. The Morgan fingerprint density at radius 1 is 1.55 bits per heavy atom. The normalized spacial score (nSPS) is 19.0. The smallest absolute Gasteiger partial charge is 0.317 e. The number of nitrogens with one attached hydrogen (secondary N) is 1. The number of hydrogen-bond acceptors (Lipinski definition) is 2. The van der Waals surface area contributed by atoms with Gasteiger partial charge in [-0.3, -0.25) is 0 Å². The summed E-state index contributed by atoms with van der Waals surface area (Å²) in [6.45, 7) is 4.24. The molecule has 1 aliphatic rings. The van der Waals surface area contributed by atoms with Crippen molar-refractivity contribution in [2.45, 2.75) is 32.2 Å². The number of benzene rings is 1. The second-order valence-electron chi connectivity index (χ2n) is 6.13. The number of hydrogen-bond donors (Lipinski definition) is 1. The summed E-state index contributed by atoms with van der Waals surface area (Å²) < 4.78 is 18.4. The number of halogens is 1. The van der Waals surface area contributed by atoms with E-state index in [2.05, 4.69) is 5.32 Å². The number of aryl methyl sites for hydroxylation is 1. The van der Waals surface area contributed by atoms with Crippen molar-refractivity contribution in [1.82, 2.24) is 10.2 Å². The molecule has 0 aliphatic carbocycles. The molecule has 2 rings (SSSR count). The Kier molecular flexibility index (Phi) is 6.19. The SMILES string of the molecule is CC(CCc1cccc(F)c1)NC(=O)N(C)CC1CCOC1. The van der Waals surface area contributed by atoms with Crippen LogP contribution in [0.15, 0.2) is 24.3 Å². The fourth-order valence-corrected chi connectivity index (χ4v) is 2.67. The van der Waals surface area contributed by atoms with Gasteiger partial charge in [-0.15, -0.1) is 0 Å². The van der Waals surface area contributed by atoms with Gasteiger partial charge in [0.1, 0.15) is 5.82 Å². The van der Waals surface area contributed by atoms with E-state index in [1.165, 1.54) is 6.07 Å². The van der Waals surface area contributed by atoms with Crippen LogP contribution in [0.1, 0.15) is 25.3 Å². The number of carbonyl (C=O) groups is 1. The molecule has 0 spiro atoms. The molecule has 2 atom stereocenters. The lowest BCUT2D eigenvalue weighted by atomic mass is 10.1. The summed E-state index contributed by atoms with van der Waals surface area (Å²) in [6.07, 6.45) is 2.56. The highest BCUT2D eigenvalue weighted by atomic mass is 19.1. The van der Waals surface area contributed by atoms with Gasteiger partial charge in [0.05, 0.1) is 6.61 Å². The molecule has 1 saturated heterocycles. The molecule has 2 amide bonds. The van der Waals surface area contributed by atoms with Gasteiger partial charge in [-0.25, -0.2) is 9.18 Å². The number of carbonyl (C=O) groups excluding carboxylic acids is 1. The maximum absolute atomic E-state index is 13.1. The van der Waals surface area contributed by atoms with Crippen LogP contribution in [0.25, 0.3) is 0 Å². The molecule has 0 bridgehead atoms. The monoisotopic (exact) mass is 308 g/mol. The van der Waals surface area contributed by atoms with Crippen molar-refractivity contribution in [1.29, 1.82) is 0 Å². The summed E-state index contributed by atoms with van der Waals surface area (Å²) in [5.74, 6) is 0.228. The fourth-order valence-electron chi connectivity index (χ4n) is 2.67. The third-order valence-corrected chi connectivity index (χ3v) is 4.03. The van der Waals surface area contributed by atoms with Crippen molar-refractivity contribution in [3.05, 3.63) is 35.6 Å². The number of nitrogens with zero attached hydrogens (tertiary/aromatic N) is 1. The summed E-state index contributed by atoms with van der Waals surface area (Å²) in [5, 5.41) is 2.99. The van der Waals surface area contributed by atoms with Crippen LogP contribution >= 0.6 is 0 Å². The molecule has 1 fully saturated rings. The maximum atomic E-state index is 13.1. The molecular formula is C17H25FN2O2. The molecule has 1 aliphatic heterocycles. The third kappa shape index (κ3) is 5.30. The van der Waals surface area contributed by atoms with E-state index >= 15 is 0 Å². The van der Waals surface area contributed by atoms with Gasteiger partial charge in [-0.1, -0.05) is 12.1 Å². The van der Waals surface area contributed by atoms with Crippen molar-refractivity contribution in [3.63, 3.8) is 0 Å². The van der Waals surface area contributed by atoms with E-state index in [1.54, 1.807) is 17.0 Å². The van der Waals surface area contributed by atoms with Crippen molar-refractivity contribution in [3.8, 4) is 0 Å². The van der Waals surface area contributed by atoms with Crippen molar-refractivity contribution in [2.24, 2.45) is 5.92 Å². The van der Waals surface area contributed by atoms with E-state index in [0.29, 0.717) is 5.92 Å². The topological polar surface area (TPSA) is 41.6 Å². The molecule has 1 N–H and O–H groups in total. The predicted octanol–water partition coefficient (Wildman–Crippen LogP) is 2.82. The van der Waals surface area contributed by atoms with E-state index in [-0.39, 0.29) is 17.9 Å². The first-order valence-electron chi connectivity index (χ1n) is 7.88. The second kappa shape index (κ2) is 8.13. The van der Waals surface area contributed by atoms with Crippen LogP contribution in [-0.4, -0.2) is 43.8 Å². The molecule has 5 heteroatoms. The summed E-state index contributed by atoms with van der Waals surface area (Å²) >= 11 is 0. The molecule has 0 saturated carbocycles. The first-order valence-corrected chi connectivity index (χ1v) is 7.88. The lowest BCUT2D eigenvalue weighted by molar-refractivity contribution is 0.170. The molecule has 22 heavy (non-hydrogen) atoms. The highest BCUT2D eigenvalue weighted by molar-refractivity contribution is 5.74. The quantitative estimate of drug-likeness (QED) is 0.878. The molecule has 1 aromatic rings. The largest absolute Gasteiger partial charge is 0.381 e. The zero-order valence-corrected chi connectivity index (χ0v) is 13.3. The number of urea groups is 1. The molecule has 122 valence electrons. The molecule has 4 nitrogen and oxygen atoms in total. The van der Waals surface area contributed by atoms with Crippen molar-refractivity contribution in [2.75, 3.05) is 26.8 Å². The Morgan fingerprint density at radius 2 is 2.36 bits per heavy atom.